The summed E-state index contributed by atoms with van der Waals surface area (Å²) in [6.45, 7) is 4.04. The van der Waals surface area contributed by atoms with Crippen molar-refractivity contribution in [3.63, 3.8) is 0 Å². The molecule has 2 rings (SSSR count). The van der Waals surface area contributed by atoms with Gasteiger partial charge in [-0.3, -0.25) is 0 Å². The van der Waals surface area contributed by atoms with E-state index in [0.29, 0.717) is 5.96 Å². The van der Waals surface area contributed by atoms with Gasteiger partial charge in [-0.05, 0) is 37.1 Å². The number of nitrogens with zero attached hydrogens (tertiary/aromatic N) is 1. The zero-order chi connectivity index (χ0) is 16.5. The van der Waals surface area contributed by atoms with Crippen LogP contribution in [-0.2, 0) is 0 Å². The lowest BCUT2D eigenvalue weighted by atomic mass is 10.2. The second-order valence-electron chi connectivity index (χ2n) is 4.57. The topological polar surface area (TPSA) is 111 Å². The number of aliphatic imine (C=N–C) groups is 1. The average Bonchev–Trinajstić information content (AvgIpc) is 2.43. The fourth-order valence-electron chi connectivity index (χ4n) is 1.70. The van der Waals surface area contributed by atoms with Gasteiger partial charge in [0.2, 0.25) is 0 Å². The molecular weight excluding hydrogens is 281 g/mol. The van der Waals surface area contributed by atoms with Crippen molar-refractivity contribution in [2.75, 3.05) is 5.32 Å². The van der Waals surface area contributed by atoms with Gasteiger partial charge in [0.1, 0.15) is 0 Å². The highest BCUT2D eigenvalue weighted by atomic mass is 16.5. The SMILES string of the molecule is Cc1ccccc1N=C(N)Nc1ccccc1C.OB(O)O. The van der Waals surface area contributed by atoms with E-state index < -0.39 is 7.32 Å². The van der Waals surface area contributed by atoms with Gasteiger partial charge in [-0.15, -0.1) is 0 Å². The minimum absolute atomic E-state index is 0.401. The van der Waals surface area contributed by atoms with Gasteiger partial charge in [-0.1, -0.05) is 36.4 Å². The first-order valence-corrected chi connectivity index (χ1v) is 6.67. The van der Waals surface area contributed by atoms with Crippen LogP contribution in [0.1, 0.15) is 11.1 Å². The molecule has 22 heavy (non-hydrogen) atoms. The number of para-hydroxylation sites is 2. The summed E-state index contributed by atoms with van der Waals surface area (Å²) in [7, 11) is -2.17. The Morgan fingerprint density at radius 3 is 2.00 bits per heavy atom. The first-order chi connectivity index (χ1) is 10.4. The predicted octanol–water partition coefficient (Wildman–Crippen LogP) is 1.31. The predicted molar refractivity (Wildman–Crippen MR) is 89.7 cm³/mol. The number of guanidine groups is 1. The molecule has 0 heterocycles. The van der Waals surface area contributed by atoms with Gasteiger partial charge in [0.25, 0.3) is 0 Å². The molecule has 0 aliphatic carbocycles. The Morgan fingerprint density at radius 2 is 1.45 bits per heavy atom. The van der Waals surface area contributed by atoms with Crippen molar-refractivity contribution in [2.24, 2.45) is 10.7 Å². The van der Waals surface area contributed by atoms with Crippen molar-refractivity contribution >= 4 is 24.7 Å². The van der Waals surface area contributed by atoms with Crippen molar-refractivity contribution in [1.82, 2.24) is 0 Å². The number of hydrogen-bond acceptors (Lipinski definition) is 4. The van der Waals surface area contributed by atoms with Crippen LogP contribution in [0.3, 0.4) is 0 Å². The summed E-state index contributed by atoms with van der Waals surface area (Å²) in [6, 6.07) is 15.9. The highest BCUT2D eigenvalue weighted by Gasteiger charge is 2.00. The maximum Gasteiger partial charge on any atom is 0.631 e. The van der Waals surface area contributed by atoms with E-state index in [1.54, 1.807) is 0 Å². The lowest BCUT2D eigenvalue weighted by molar-refractivity contribution is 0.278. The van der Waals surface area contributed by atoms with E-state index >= 15 is 0 Å². The molecule has 0 atom stereocenters. The molecular formula is C15H20BN3O3. The largest absolute Gasteiger partial charge is 0.631 e. The Hall–Kier alpha value is -2.35. The molecule has 0 fully saturated rings. The fraction of sp³-hybridized carbons (Fsp3) is 0.133. The molecule has 0 aliphatic heterocycles. The van der Waals surface area contributed by atoms with Crippen LogP contribution < -0.4 is 11.1 Å². The van der Waals surface area contributed by atoms with Crippen molar-refractivity contribution in [1.29, 1.82) is 0 Å². The number of rotatable bonds is 2. The highest BCUT2D eigenvalue weighted by Crippen LogP contribution is 2.18. The van der Waals surface area contributed by atoms with E-state index in [4.69, 9.17) is 20.8 Å². The number of benzene rings is 2. The summed E-state index contributed by atoms with van der Waals surface area (Å²) >= 11 is 0. The van der Waals surface area contributed by atoms with Crippen LogP contribution in [0, 0.1) is 13.8 Å². The number of nitrogens with one attached hydrogen (secondary N) is 1. The zero-order valence-corrected chi connectivity index (χ0v) is 12.6. The monoisotopic (exact) mass is 301 g/mol. The van der Waals surface area contributed by atoms with Gasteiger partial charge < -0.3 is 26.1 Å². The van der Waals surface area contributed by atoms with Crippen molar-refractivity contribution in [3.05, 3.63) is 59.7 Å². The number of aryl methyl sites for hydroxylation is 2. The number of nitrogens with two attached hydrogens (primary N) is 1. The fourth-order valence-corrected chi connectivity index (χ4v) is 1.70. The molecule has 6 nitrogen and oxygen atoms in total. The van der Waals surface area contributed by atoms with E-state index in [1.165, 1.54) is 0 Å². The molecule has 116 valence electrons. The summed E-state index contributed by atoms with van der Waals surface area (Å²) in [5.74, 6) is 0.401. The van der Waals surface area contributed by atoms with E-state index in [0.717, 1.165) is 22.5 Å². The first kappa shape index (κ1) is 17.7. The second kappa shape index (κ2) is 8.83. The molecule has 0 saturated heterocycles. The maximum absolute atomic E-state index is 7.17. The Morgan fingerprint density at radius 1 is 0.955 bits per heavy atom. The van der Waals surface area contributed by atoms with Gasteiger partial charge in [0, 0.05) is 5.69 Å². The molecule has 2 aromatic rings. The molecule has 0 aliphatic rings. The second-order valence-corrected chi connectivity index (χ2v) is 4.57. The summed E-state index contributed by atoms with van der Waals surface area (Å²) in [5.41, 5.74) is 10.0. The van der Waals surface area contributed by atoms with Crippen LogP contribution in [0.5, 0.6) is 0 Å². The minimum Gasteiger partial charge on any atom is -0.402 e. The molecule has 6 N–H and O–H groups in total. The Balaban J connectivity index is 0.000000541. The van der Waals surface area contributed by atoms with Crippen LogP contribution in [0.25, 0.3) is 0 Å². The minimum atomic E-state index is -2.17. The molecule has 7 heteroatoms. The summed E-state index contributed by atoms with van der Waals surface area (Å²) in [6.07, 6.45) is 0. The maximum atomic E-state index is 7.17. The van der Waals surface area contributed by atoms with Gasteiger partial charge in [0.15, 0.2) is 5.96 Å². The molecule has 0 saturated carbocycles. The van der Waals surface area contributed by atoms with Crippen LogP contribution in [0.15, 0.2) is 53.5 Å². The third-order valence-corrected chi connectivity index (χ3v) is 2.76. The average molecular weight is 301 g/mol. The molecule has 0 unspecified atom stereocenters. The summed E-state index contributed by atoms with van der Waals surface area (Å²) in [4.78, 5) is 4.38. The van der Waals surface area contributed by atoms with E-state index in [9.17, 15) is 0 Å². The molecule has 0 radical (unpaired) electrons. The lowest BCUT2D eigenvalue weighted by Crippen LogP contribution is -2.22. The van der Waals surface area contributed by atoms with Crippen LogP contribution in [-0.4, -0.2) is 28.4 Å². The van der Waals surface area contributed by atoms with Gasteiger partial charge in [-0.25, -0.2) is 4.99 Å². The van der Waals surface area contributed by atoms with Crippen molar-refractivity contribution in [3.8, 4) is 0 Å². The molecule has 2 aromatic carbocycles. The molecule has 0 bridgehead atoms. The van der Waals surface area contributed by atoms with Crippen LogP contribution >= 0.6 is 0 Å². The molecule has 0 amide bonds. The summed E-state index contributed by atoms with van der Waals surface area (Å²) < 4.78 is 0. The summed E-state index contributed by atoms with van der Waals surface area (Å²) in [5, 5.41) is 24.6. The van der Waals surface area contributed by atoms with Crippen LogP contribution in [0.2, 0.25) is 0 Å². The smallest absolute Gasteiger partial charge is 0.402 e. The van der Waals surface area contributed by atoms with Crippen molar-refractivity contribution < 1.29 is 15.1 Å². The van der Waals surface area contributed by atoms with Gasteiger partial charge >= 0.3 is 7.32 Å². The van der Waals surface area contributed by atoms with E-state index in [1.807, 2.05) is 62.4 Å². The van der Waals surface area contributed by atoms with Gasteiger partial charge in [-0.2, -0.15) is 0 Å². The van der Waals surface area contributed by atoms with E-state index in [2.05, 4.69) is 10.3 Å². The molecule has 0 spiro atoms. The normalized spacial score (nSPS) is 10.5. The van der Waals surface area contributed by atoms with Gasteiger partial charge in [0.05, 0.1) is 5.69 Å². The van der Waals surface area contributed by atoms with E-state index in [-0.39, 0.29) is 0 Å². The first-order valence-electron chi connectivity index (χ1n) is 6.67. The Bertz CT molecular complexity index is 630. The quantitative estimate of drug-likeness (QED) is 0.326. The standard InChI is InChI=1S/C15H17N3.BH3O3/c1-11-7-3-5-9-13(11)17-15(16)18-14-10-6-4-8-12(14)2;2-1(3)4/h3-10H,1-2H3,(H3,16,17,18);2-4H. The third kappa shape index (κ3) is 6.40. The zero-order valence-electron chi connectivity index (χ0n) is 12.6. The lowest BCUT2D eigenvalue weighted by Gasteiger charge is -2.08. The van der Waals surface area contributed by atoms with Crippen LogP contribution in [0.4, 0.5) is 11.4 Å². The highest BCUT2D eigenvalue weighted by molar-refractivity contribution is 6.30. The number of anilines is 1. The Labute approximate surface area is 130 Å². The van der Waals surface area contributed by atoms with Crippen molar-refractivity contribution in [2.45, 2.75) is 13.8 Å². The number of hydrogen-bond donors (Lipinski definition) is 5. The third-order valence-electron chi connectivity index (χ3n) is 2.76. The Kier molecular flexibility index (Phi) is 7.11. The molecule has 0 aromatic heterocycles.